The second-order valence-corrected chi connectivity index (χ2v) is 9.25. The number of likely N-dealkylation sites (tertiary alicyclic amines) is 1. The molecule has 0 aliphatic carbocycles. The van der Waals surface area contributed by atoms with Gasteiger partial charge in [-0.2, -0.15) is 0 Å². The minimum absolute atomic E-state index is 0.0352. The van der Waals surface area contributed by atoms with Crippen molar-refractivity contribution < 1.29 is 18.7 Å². The Balaban J connectivity index is 1.17. The van der Waals surface area contributed by atoms with Crippen LogP contribution in [0.15, 0.2) is 60.9 Å². The predicted molar refractivity (Wildman–Crippen MR) is 128 cm³/mol. The standard InChI is InChI=1S/C27H29FN4O3/c1-18(19-5-3-2-4-6-19)30-26(33)21-11-13-31(14-12-21)27(34)25-23-16-35-24(15-32(23)17-29-25)20-7-9-22(28)10-8-20/h2-10,17-18,21,24H,11-16H2,1H3,(H,30,33). The molecule has 5 rings (SSSR count). The Kier molecular flexibility index (Phi) is 6.63. The summed E-state index contributed by atoms with van der Waals surface area (Å²) in [5.74, 6) is -0.485. The van der Waals surface area contributed by atoms with Gasteiger partial charge in [0.25, 0.3) is 5.91 Å². The molecule has 0 bridgehead atoms. The number of aromatic nitrogens is 2. The van der Waals surface area contributed by atoms with Crippen LogP contribution in [0.5, 0.6) is 0 Å². The van der Waals surface area contributed by atoms with Gasteiger partial charge in [0.15, 0.2) is 5.69 Å². The number of hydrogen-bond donors (Lipinski definition) is 1. The summed E-state index contributed by atoms with van der Waals surface area (Å²) in [4.78, 5) is 32.2. The Labute approximate surface area is 203 Å². The number of carbonyl (C=O) groups is 2. The number of carbonyl (C=O) groups excluding carboxylic acids is 2. The van der Waals surface area contributed by atoms with E-state index in [0.717, 1.165) is 16.8 Å². The number of benzene rings is 2. The average Bonchev–Trinajstić information content (AvgIpc) is 3.32. The van der Waals surface area contributed by atoms with E-state index in [4.69, 9.17) is 4.74 Å². The van der Waals surface area contributed by atoms with Gasteiger partial charge in [-0.1, -0.05) is 42.5 Å². The van der Waals surface area contributed by atoms with E-state index in [1.807, 2.05) is 41.8 Å². The van der Waals surface area contributed by atoms with Gasteiger partial charge in [-0.05, 0) is 43.0 Å². The average molecular weight is 477 g/mol. The molecule has 1 fully saturated rings. The summed E-state index contributed by atoms with van der Waals surface area (Å²) in [6, 6.07) is 16.1. The maximum atomic E-state index is 13.2. The summed E-state index contributed by atoms with van der Waals surface area (Å²) in [6.45, 7) is 3.79. The largest absolute Gasteiger partial charge is 0.365 e. The third-order valence-electron chi connectivity index (χ3n) is 6.99. The van der Waals surface area contributed by atoms with E-state index >= 15 is 0 Å². The highest BCUT2D eigenvalue weighted by Gasteiger charge is 2.32. The van der Waals surface area contributed by atoms with Crippen LogP contribution in [-0.2, 0) is 22.7 Å². The quantitative estimate of drug-likeness (QED) is 0.604. The molecule has 1 saturated heterocycles. The molecule has 182 valence electrons. The number of imidazole rings is 1. The second kappa shape index (κ2) is 10.00. The molecule has 2 aliphatic rings. The zero-order chi connectivity index (χ0) is 24.4. The molecular formula is C27H29FN4O3. The molecule has 3 heterocycles. The predicted octanol–water partition coefficient (Wildman–Crippen LogP) is 4.02. The van der Waals surface area contributed by atoms with Crippen LogP contribution in [-0.4, -0.2) is 39.4 Å². The molecule has 1 N–H and O–H groups in total. The Morgan fingerprint density at radius 2 is 1.80 bits per heavy atom. The summed E-state index contributed by atoms with van der Waals surface area (Å²) in [5, 5.41) is 3.10. The third kappa shape index (κ3) is 4.98. The molecule has 8 heteroatoms. The van der Waals surface area contributed by atoms with E-state index in [1.165, 1.54) is 12.1 Å². The van der Waals surface area contributed by atoms with Crippen molar-refractivity contribution in [2.24, 2.45) is 5.92 Å². The molecule has 3 aromatic rings. The molecule has 2 amide bonds. The van der Waals surface area contributed by atoms with Crippen molar-refractivity contribution in [3.8, 4) is 0 Å². The Morgan fingerprint density at radius 3 is 2.51 bits per heavy atom. The number of nitrogens with one attached hydrogen (secondary N) is 1. The number of nitrogens with zero attached hydrogens (tertiary/aromatic N) is 3. The van der Waals surface area contributed by atoms with E-state index in [0.29, 0.717) is 38.2 Å². The van der Waals surface area contributed by atoms with Gasteiger partial charge in [-0.3, -0.25) is 9.59 Å². The summed E-state index contributed by atoms with van der Waals surface area (Å²) in [7, 11) is 0. The number of fused-ring (bicyclic) bond motifs is 1. The first-order valence-electron chi connectivity index (χ1n) is 12.0. The monoisotopic (exact) mass is 476 g/mol. The summed E-state index contributed by atoms with van der Waals surface area (Å²) in [5.41, 5.74) is 3.12. The highest BCUT2D eigenvalue weighted by atomic mass is 19.1. The Bertz CT molecular complexity index is 1190. The lowest BCUT2D eigenvalue weighted by Crippen LogP contribution is -2.43. The topological polar surface area (TPSA) is 76.5 Å². The van der Waals surface area contributed by atoms with E-state index in [9.17, 15) is 14.0 Å². The molecule has 2 atom stereocenters. The normalized spacial score (nSPS) is 19.1. The first-order valence-corrected chi connectivity index (χ1v) is 12.0. The van der Waals surface area contributed by atoms with Gasteiger partial charge in [-0.25, -0.2) is 9.37 Å². The molecular weight excluding hydrogens is 447 g/mol. The van der Waals surface area contributed by atoms with Gasteiger partial charge in [-0.15, -0.1) is 0 Å². The third-order valence-corrected chi connectivity index (χ3v) is 6.99. The number of piperidine rings is 1. The van der Waals surface area contributed by atoms with Crippen LogP contribution in [0.4, 0.5) is 4.39 Å². The van der Waals surface area contributed by atoms with Crippen LogP contribution in [0.3, 0.4) is 0 Å². The molecule has 1 aromatic heterocycles. The van der Waals surface area contributed by atoms with Crippen molar-refractivity contribution in [3.05, 3.63) is 89.3 Å². The number of amides is 2. The van der Waals surface area contributed by atoms with Crippen LogP contribution in [0.25, 0.3) is 0 Å². The number of halogens is 1. The van der Waals surface area contributed by atoms with E-state index in [2.05, 4.69) is 10.3 Å². The van der Waals surface area contributed by atoms with Gasteiger partial charge >= 0.3 is 0 Å². The zero-order valence-electron chi connectivity index (χ0n) is 19.7. The highest BCUT2D eigenvalue weighted by Crippen LogP contribution is 2.29. The summed E-state index contributed by atoms with van der Waals surface area (Å²) >= 11 is 0. The van der Waals surface area contributed by atoms with E-state index in [-0.39, 0.29) is 42.3 Å². The molecule has 2 aromatic carbocycles. The van der Waals surface area contributed by atoms with Crippen molar-refractivity contribution in [2.45, 2.75) is 45.1 Å². The van der Waals surface area contributed by atoms with Crippen molar-refractivity contribution in [3.63, 3.8) is 0 Å². The molecule has 7 nitrogen and oxygen atoms in total. The lowest BCUT2D eigenvalue weighted by atomic mass is 9.95. The first-order chi connectivity index (χ1) is 17.0. The van der Waals surface area contributed by atoms with Gasteiger partial charge in [0, 0.05) is 19.0 Å². The molecule has 2 aliphatic heterocycles. The van der Waals surface area contributed by atoms with E-state index < -0.39 is 0 Å². The van der Waals surface area contributed by atoms with Crippen LogP contribution < -0.4 is 5.32 Å². The fourth-order valence-electron chi connectivity index (χ4n) is 4.84. The van der Waals surface area contributed by atoms with Crippen molar-refractivity contribution in [1.29, 1.82) is 0 Å². The minimum Gasteiger partial charge on any atom is -0.365 e. The Hall–Kier alpha value is -3.52. The maximum Gasteiger partial charge on any atom is 0.274 e. The van der Waals surface area contributed by atoms with Crippen molar-refractivity contribution in [1.82, 2.24) is 19.8 Å². The fourth-order valence-corrected chi connectivity index (χ4v) is 4.84. The van der Waals surface area contributed by atoms with E-state index in [1.54, 1.807) is 23.4 Å². The molecule has 0 saturated carbocycles. The molecule has 2 unspecified atom stereocenters. The SMILES string of the molecule is CC(NC(=O)C1CCN(C(=O)c2ncn3c2COC(c2ccc(F)cc2)C3)CC1)c1ccccc1. The van der Waals surface area contributed by atoms with Crippen molar-refractivity contribution in [2.75, 3.05) is 13.1 Å². The van der Waals surface area contributed by atoms with Crippen LogP contribution in [0.1, 0.15) is 59.2 Å². The lowest BCUT2D eigenvalue weighted by Gasteiger charge is -2.32. The maximum absolute atomic E-state index is 13.2. The molecule has 0 radical (unpaired) electrons. The van der Waals surface area contributed by atoms with Gasteiger partial charge in [0.05, 0.1) is 31.2 Å². The Morgan fingerprint density at radius 1 is 1.09 bits per heavy atom. The van der Waals surface area contributed by atoms with Crippen molar-refractivity contribution >= 4 is 11.8 Å². The number of hydrogen-bond acceptors (Lipinski definition) is 4. The first kappa shape index (κ1) is 23.2. The van der Waals surface area contributed by atoms with Gasteiger partial charge in [0.2, 0.25) is 5.91 Å². The van der Waals surface area contributed by atoms with Gasteiger partial charge < -0.3 is 19.5 Å². The summed E-state index contributed by atoms with van der Waals surface area (Å²) in [6.07, 6.45) is 2.70. The fraction of sp³-hybridized carbons (Fsp3) is 0.370. The second-order valence-electron chi connectivity index (χ2n) is 9.25. The highest BCUT2D eigenvalue weighted by molar-refractivity contribution is 5.93. The zero-order valence-corrected chi connectivity index (χ0v) is 19.7. The van der Waals surface area contributed by atoms with Gasteiger partial charge in [0.1, 0.15) is 11.9 Å². The number of rotatable bonds is 5. The molecule has 35 heavy (non-hydrogen) atoms. The van der Waals surface area contributed by atoms with Crippen LogP contribution in [0, 0.1) is 11.7 Å². The van der Waals surface area contributed by atoms with Crippen LogP contribution >= 0.6 is 0 Å². The summed E-state index contributed by atoms with van der Waals surface area (Å²) < 4.78 is 21.2. The van der Waals surface area contributed by atoms with Crippen LogP contribution in [0.2, 0.25) is 0 Å². The lowest BCUT2D eigenvalue weighted by molar-refractivity contribution is -0.127. The smallest absolute Gasteiger partial charge is 0.274 e. The molecule has 0 spiro atoms. The number of ether oxygens (including phenoxy) is 1. The minimum atomic E-state index is -0.285.